The summed E-state index contributed by atoms with van der Waals surface area (Å²) >= 11 is 0. The quantitative estimate of drug-likeness (QED) is 0.763. The van der Waals surface area contributed by atoms with Crippen LogP contribution >= 0.6 is 0 Å². The number of aliphatic hydroxyl groups is 1. The summed E-state index contributed by atoms with van der Waals surface area (Å²) in [5.74, 6) is -0.710. The summed E-state index contributed by atoms with van der Waals surface area (Å²) in [5, 5.41) is 12.5. The summed E-state index contributed by atoms with van der Waals surface area (Å²) in [6, 6.07) is 3.38. The molecule has 0 bridgehead atoms. The largest absolute Gasteiger partial charge is 0.416 e. The van der Waals surface area contributed by atoms with Crippen molar-refractivity contribution in [3.63, 3.8) is 0 Å². The Bertz CT molecular complexity index is 819. The van der Waals surface area contributed by atoms with Crippen molar-refractivity contribution in [2.24, 2.45) is 5.92 Å². The zero-order chi connectivity index (χ0) is 21.2. The van der Waals surface area contributed by atoms with Gasteiger partial charge in [-0.2, -0.15) is 17.5 Å². The zero-order valence-electron chi connectivity index (χ0n) is 15.9. The molecule has 1 amide bonds. The standard InChI is InChI=1S/C19H25F3N2O4S/c20-19(21,22)14-3-9-17(10-4-14)29(27,28)24-11-1-2-13(12-24)18(26)23-15-5-7-16(25)8-6-15/h3-4,9-10,13,15-16,25H,1-2,5-8,11-12H2,(H,23,26)/t13-,15-,16-/m0/s1. The molecular formula is C19H25F3N2O4S. The molecule has 0 spiro atoms. The first-order valence-electron chi connectivity index (χ1n) is 9.73. The maximum atomic E-state index is 12.8. The normalized spacial score (nSPS) is 26.8. The van der Waals surface area contributed by atoms with Gasteiger partial charge in [0.1, 0.15) is 0 Å². The summed E-state index contributed by atoms with van der Waals surface area (Å²) in [4.78, 5) is 12.4. The maximum Gasteiger partial charge on any atom is 0.416 e. The van der Waals surface area contributed by atoms with Crippen LogP contribution < -0.4 is 5.32 Å². The smallest absolute Gasteiger partial charge is 0.393 e. The number of carbonyl (C=O) groups excluding carboxylic acids is 1. The molecule has 6 nitrogen and oxygen atoms in total. The van der Waals surface area contributed by atoms with Crippen LogP contribution in [0.3, 0.4) is 0 Å². The summed E-state index contributed by atoms with van der Waals surface area (Å²) in [7, 11) is -3.98. The highest BCUT2D eigenvalue weighted by Crippen LogP contribution is 2.31. The third-order valence-corrected chi connectivity index (χ3v) is 7.50. The van der Waals surface area contributed by atoms with Crippen LogP contribution in [0.5, 0.6) is 0 Å². The van der Waals surface area contributed by atoms with Gasteiger partial charge in [-0.1, -0.05) is 0 Å². The number of rotatable bonds is 4. The second-order valence-corrected chi connectivity index (χ2v) is 9.68. The van der Waals surface area contributed by atoms with Gasteiger partial charge in [0.05, 0.1) is 22.5 Å². The summed E-state index contributed by atoms with van der Waals surface area (Å²) in [6.45, 7) is 0.229. The zero-order valence-corrected chi connectivity index (χ0v) is 16.7. The Morgan fingerprint density at radius 3 is 2.28 bits per heavy atom. The Hall–Kier alpha value is -1.65. The van der Waals surface area contributed by atoms with Crippen LogP contribution in [0.4, 0.5) is 13.2 Å². The molecule has 1 aliphatic heterocycles. The number of alkyl halides is 3. The molecule has 0 aromatic heterocycles. The van der Waals surface area contributed by atoms with E-state index in [2.05, 4.69) is 5.32 Å². The number of hydrogen-bond donors (Lipinski definition) is 2. The predicted molar refractivity (Wildman–Crippen MR) is 99.3 cm³/mol. The molecule has 1 aromatic carbocycles. The fourth-order valence-electron chi connectivity index (χ4n) is 3.88. The topological polar surface area (TPSA) is 86.7 Å². The van der Waals surface area contributed by atoms with E-state index in [-0.39, 0.29) is 36.0 Å². The fraction of sp³-hybridized carbons (Fsp3) is 0.632. The van der Waals surface area contributed by atoms with E-state index in [4.69, 9.17) is 0 Å². The fourth-order valence-corrected chi connectivity index (χ4v) is 5.40. The van der Waals surface area contributed by atoms with Crippen molar-refractivity contribution < 1.29 is 31.5 Å². The lowest BCUT2D eigenvalue weighted by Gasteiger charge is -2.33. The van der Waals surface area contributed by atoms with E-state index in [0.717, 1.165) is 24.3 Å². The molecule has 0 unspecified atom stereocenters. The molecule has 2 N–H and O–H groups in total. The number of amides is 1. The number of halogens is 3. The lowest BCUT2D eigenvalue weighted by atomic mass is 9.92. The van der Waals surface area contributed by atoms with Crippen molar-refractivity contribution >= 4 is 15.9 Å². The lowest BCUT2D eigenvalue weighted by Crippen LogP contribution is -2.48. The molecule has 1 heterocycles. The highest BCUT2D eigenvalue weighted by atomic mass is 32.2. The van der Waals surface area contributed by atoms with Crippen molar-refractivity contribution in [3.8, 4) is 0 Å². The Labute approximate surface area is 168 Å². The number of aliphatic hydroxyl groups excluding tert-OH is 1. The molecule has 2 fully saturated rings. The van der Waals surface area contributed by atoms with E-state index >= 15 is 0 Å². The Morgan fingerprint density at radius 1 is 1.07 bits per heavy atom. The minimum atomic E-state index is -4.54. The van der Waals surface area contributed by atoms with E-state index in [1.54, 1.807) is 0 Å². The third kappa shape index (κ3) is 5.29. The van der Waals surface area contributed by atoms with Crippen LogP contribution in [0.25, 0.3) is 0 Å². The number of sulfonamides is 1. The van der Waals surface area contributed by atoms with E-state index in [1.165, 1.54) is 4.31 Å². The van der Waals surface area contributed by atoms with Gasteiger partial charge in [0.15, 0.2) is 0 Å². The summed E-state index contributed by atoms with van der Waals surface area (Å²) in [6.07, 6.45) is -1.18. The Morgan fingerprint density at radius 2 is 1.69 bits per heavy atom. The first kappa shape index (κ1) is 22.0. The van der Waals surface area contributed by atoms with Crippen molar-refractivity contribution in [1.82, 2.24) is 9.62 Å². The molecule has 2 aliphatic rings. The molecule has 1 aromatic rings. The van der Waals surface area contributed by atoms with E-state index in [0.29, 0.717) is 38.5 Å². The van der Waals surface area contributed by atoms with Crippen LogP contribution in [0.1, 0.15) is 44.1 Å². The molecule has 1 saturated carbocycles. The summed E-state index contributed by atoms with van der Waals surface area (Å²) in [5.41, 5.74) is -0.912. The number of benzene rings is 1. The number of hydrogen-bond acceptors (Lipinski definition) is 4. The second kappa shape index (κ2) is 8.61. The van der Waals surface area contributed by atoms with Crippen LogP contribution in [0, 0.1) is 5.92 Å². The minimum Gasteiger partial charge on any atom is -0.393 e. The molecule has 1 aliphatic carbocycles. The molecule has 162 valence electrons. The Balaban J connectivity index is 1.65. The number of piperidine rings is 1. The molecule has 3 rings (SSSR count). The van der Waals surface area contributed by atoms with Crippen LogP contribution in [-0.2, 0) is 21.0 Å². The molecular weight excluding hydrogens is 409 g/mol. The SMILES string of the molecule is O=C(N[C@H]1CC[C@H](O)CC1)[C@H]1CCCN(S(=O)(=O)c2ccc(C(F)(F)F)cc2)C1. The number of nitrogens with one attached hydrogen (secondary N) is 1. The second-order valence-electron chi connectivity index (χ2n) is 7.74. The van der Waals surface area contributed by atoms with Gasteiger partial charge >= 0.3 is 6.18 Å². The van der Waals surface area contributed by atoms with Crippen LogP contribution in [0.15, 0.2) is 29.2 Å². The molecule has 1 atom stereocenters. The molecule has 1 saturated heterocycles. The van der Waals surface area contributed by atoms with Gasteiger partial charge in [0.2, 0.25) is 15.9 Å². The third-order valence-electron chi connectivity index (χ3n) is 5.62. The average Bonchev–Trinajstić information content (AvgIpc) is 2.69. The van der Waals surface area contributed by atoms with Crippen LogP contribution in [-0.4, -0.2) is 49.0 Å². The van der Waals surface area contributed by atoms with Crippen molar-refractivity contribution in [1.29, 1.82) is 0 Å². The molecule has 0 radical (unpaired) electrons. The predicted octanol–water partition coefficient (Wildman–Crippen LogP) is 2.53. The molecule has 10 heteroatoms. The minimum absolute atomic E-state index is 0.00450. The average molecular weight is 434 g/mol. The van der Waals surface area contributed by atoms with Gasteiger partial charge in [-0.15, -0.1) is 0 Å². The van der Waals surface area contributed by atoms with Gasteiger partial charge in [-0.05, 0) is 62.8 Å². The first-order chi connectivity index (χ1) is 13.6. The first-order valence-corrected chi connectivity index (χ1v) is 11.2. The van der Waals surface area contributed by atoms with Gasteiger partial charge in [-0.3, -0.25) is 4.79 Å². The van der Waals surface area contributed by atoms with Gasteiger partial charge in [-0.25, -0.2) is 8.42 Å². The number of carbonyl (C=O) groups is 1. The van der Waals surface area contributed by atoms with Crippen molar-refractivity contribution in [2.75, 3.05) is 13.1 Å². The van der Waals surface area contributed by atoms with Gasteiger partial charge in [0.25, 0.3) is 0 Å². The van der Waals surface area contributed by atoms with E-state index in [1.807, 2.05) is 0 Å². The highest BCUT2D eigenvalue weighted by molar-refractivity contribution is 7.89. The summed E-state index contributed by atoms with van der Waals surface area (Å²) < 4.78 is 64.9. The van der Waals surface area contributed by atoms with Gasteiger partial charge < -0.3 is 10.4 Å². The number of nitrogens with zero attached hydrogens (tertiary/aromatic N) is 1. The van der Waals surface area contributed by atoms with Crippen LogP contribution in [0.2, 0.25) is 0 Å². The van der Waals surface area contributed by atoms with Crippen molar-refractivity contribution in [2.45, 2.75) is 61.7 Å². The van der Waals surface area contributed by atoms with E-state index in [9.17, 15) is 31.5 Å². The maximum absolute atomic E-state index is 12.8. The molecule has 29 heavy (non-hydrogen) atoms. The van der Waals surface area contributed by atoms with Crippen molar-refractivity contribution in [3.05, 3.63) is 29.8 Å². The van der Waals surface area contributed by atoms with Gasteiger partial charge in [0, 0.05) is 19.1 Å². The highest BCUT2D eigenvalue weighted by Gasteiger charge is 2.35. The van der Waals surface area contributed by atoms with E-state index < -0.39 is 27.7 Å². The monoisotopic (exact) mass is 434 g/mol. The Kier molecular flexibility index (Phi) is 6.54. The lowest BCUT2D eigenvalue weighted by molar-refractivity contribution is -0.137.